The van der Waals surface area contributed by atoms with Crippen molar-refractivity contribution < 1.29 is 4.79 Å². The molecule has 2 aromatic rings. The summed E-state index contributed by atoms with van der Waals surface area (Å²) in [6.07, 6.45) is 2.07. The van der Waals surface area contributed by atoms with E-state index in [1.54, 1.807) is 24.3 Å². The van der Waals surface area contributed by atoms with Crippen LogP contribution in [-0.4, -0.2) is 30.4 Å². The van der Waals surface area contributed by atoms with Crippen molar-refractivity contribution >= 4 is 17.5 Å². The summed E-state index contributed by atoms with van der Waals surface area (Å²) in [5.41, 5.74) is 3.52. The summed E-state index contributed by atoms with van der Waals surface area (Å²) in [5, 5.41) is 3.55. The molecule has 120 valence electrons. The summed E-state index contributed by atoms with van der Waals surface area (Å²) in [7, 11) is 0. The molecule has 0 fully saturated rings. The number of hydrogen-bond acceptors (Lipinski definition) is 2. The van der Waals surface area contributed by atoms with Crippen LogP contribution in [0.15, 0.2) is 48.5 Å². The number of nitrogens with one attached hydrogen (secondary N) is 1. The number of carbonyl (C=O) groups excluding carboxylic acids is 1. The highest BCUT2D eigenvalue weighted by atomic mass is 35.5. The average Bonchev–Trinajstić information content (AvgIpc) is 2.58. The SMILES string of the molecule is O=C(NCCCN1CCc2ccccc2C1)c1cccc(Cl)c1. The minimum absolute atomic E-state index is 0.0588. The van der Waals surface area contributed by atoms with E-state index >= 15 is 0 Å². The molecule has 1 heterocycles. The fraction of sp³-hybridized carbons (Fsp3) is 0.316. The van der Waals surface area contributed by atoms with Crippen LogP contribution in [0, 0.1) is 0 Å². The summed E-state index contributed by atoms with van der Waals surface area (Å²) in [6.45, 7) is 3.80. The molecule has 0 aliphatic carbocycles. The van der Waals surface area contributed by atoms with Crippen LogP contribution in [0.2, 0.25) is 5.02 Å². The van der Waals surface area contributed by atoms with Gasteiger partial charge in [-0.2, -0.15) is 0 Å². The van der Waals surface area contributed by atoms with Gasteiger partial charge < -0.3 is 5.32 Å². The van der Waals surface area contributed by atoms with Gasteiger partial charge in [0.15, 0.2) is 0 Å². The number of hydrogen-bond donors (Lipinski definition) is 1. The number of carbonyl (C=O) groups is 1. The molecule has 1 aliphatic rings. The quantitative estimate of drug-likeness (QED) is 0.852. The normalized spacial score (nSPS) is 14.3. The van der Waals surface area contributed by atoms with E-state index in [1.807, 2.05) is 0 Å². The molecule has 23 heavy (non-hydrogen) atoms. The predicted octanol–water partition coefficient (Wildman–Crippen LogP) is 3.52. The number of halogens is 1. The van der Waals surface area contributed by atoms with Crippen molar-refractivity contribution in [3.8, 4) is 0 Å². The Morgan fingerprint density at radius 2 is 1.96 bits per heavy atom. The largest absolute Gasteiger partial charge is 0.352 e. The second kappa shape index (κ2) is 7.62. The molecule has 0 radical (unpaired) electrons. The van der Waals surface area contributed by atoms with Crippen LogP contribution in [0.3, 0.4) is 0 Å². The third-order valence-electron chi connectivity index (χ3n) is 4.23. The van der Waals surface area contributed by atoms with Crippen LogP contribution >= 0.6 is 11.6 Å². The van der Waals surface area contributed by atoms with Crippen LogP contribution in [0.5, 0.6) is 0 Å². The van der Waals surface area contributed by atoms with Gasteiger partial charge in [0.1, 0.15) is 0 Å². The molecule has 1 amide bonds. The zero-order chi connectivity index (χ0) is 16.1. The Morgan fingerprint density at radius 3 is 2.78 bits per heavy atom. The lowest BCUT2D eigenvalue weighted by molar-refractivity contribution is 0.0951. The van der Waals surface area contributed by atoms with Crippen LogP contribution in [0.25, 0.3) is 0 Å². The Morgan fingerprint density at radius 1 is 1.13 bits per heavy atom. The molecular formula is C19H21ClN2O. The van der Waals surface area contributed by atoms with Gasteiger partial charge in [-0.1, -0.05) is 41.9 Å². The molecule has 0 saturated heterocycles. The highest BCUT2D eigenvalue weighted by molar-refractivity contribution is 6.30. The number of amides is 1. The van der Waals surface area contributed by atoms with Crippen LogP contribution in [0.1, 0.15) is 27.9 Å². The molecule has 0 bridgehead atoms. The maximum absolute atomic E-state index is 12.0. The molecule has 0 unspecified atom stereocenters. The van der Waals surface area contributed by atoms with E-state index in [-0.39, 0.29) is 5.91 Å². The van der Waals surface area contributed by atoms with Gasteiger partial charge in [0.05, 0.1) is 0 Å². The van der Waals surface area contributed by atoms with Crippen molar-refractivity contribution in [2.24, 2.45) is 0 Å². The minimum atomic E-state index is -0.0588. The molecule has 4 heteroatoms. The molecule has 0 spiro atoms. The zero-order valence-corrected chi connectivity index (χ0v) is 13.9. The van der Waals surface area contributed by atoms with Crippen LogP contribution < -0.4 is 5.32 Å². The first kappa shape index (κ1) is 16.0. The number of benzene rings is 2. The zero-order valence-electron chi connectivity index (χ0n) is 13.1. The molecule has 0 atom stereocenters. The van der Waals surface area contributed by atoms with Crippen molar-refractivity contribution in [3.05, 3.63) is 70.2 Å². The van der Waals surface area contributed by atoms with Gasteiger partial charge in [0.25, 0.3) is 5.91 Å². The average molecular weight is 329 g/mol. The number of nitrogens with zero attached hydrogens (tertiary/aromatic N) is 1. The standard InChI is InChI=1S/C19H21ClN2O/c20-18-8-3-7-16(13-18)19(23)21-10-4-11-22-12-9-15-5-1-2-6-17(15)14-22/h1-3,5-8,13H,4,9-12,14H2,(H,21,23). The smallest absolute Gasteiger partial charge is 0.251 e. The maximum atomic E-state index is 12.0. The fourth-order valence-corrected chi connectivity index (χ4v) is 3.17. The van der Waals surface area contributed by atoms with E-state index < -0.39 is 0 Å². The lowest BCUT2D eigenvalue weighted by atomic mass is 10.00. The first-order chi connectivity index (χ1) is 11.2. The summed E-state index contributed by atoms with van der Waals surface area (Å²) in [6, 6.07) is 15.7. The first-order valence-corrected chi connectivity index (χ1v) is 8.43. The topological polar surface area (TPSA) is 32.3 Å². The Hall–Kier alpha value is -1.84. The molecule has 3 nitrogen and oxygen atoms in total. The summed E-state index contributed by atoms with van der Waals surface area (Å²) in [5.74, 6) is -0.0588. The van der Waals surface area contributed by atoms with Crippen molar-refractivity contribution in [1.82, 2.24) is 10.2 Å². The Balaban J connectivity index is 1.41. The predicted molar refractivity (Wildman–Crippen MR) is 93.8 cm³/mol. The number of rotatable bonds is 5. The van der Waals surface area contributed by atoms with Gasteiger partial charge >= 0.3 is 0 Å². The van der Waals surface area contributed by atoms with E-state index in [0.717, 1.165) is 32.5 Å². The van der Waals surface area contributed by atoms with Crippen molar-refractivity contribution in [3.63, 3.8) is 0 Å². The maximum Gasteiger partial charge on any atom is 0.251 e. The van der Waals surface area contributed by atoms with Gasteiger partial charge in [0, 0.05) is 36.8 Å². The highest BCUT2D eigenvalue weighted by Gasteiger charge is 2.15. The summed E-state index contributed by atoms with van der Waals surface area (Å²) < 4.78 is 0. The molecular weight excluding hydrogens is 308 g/mol. The van der Waals surface area contributed by atoms with E-state index in [9.17, 15) is 4.79 Å². The molecule has 0 saturated carbocycles. The molecule has 2 aromatic carbocycles. The van der Waals surface area contributed by atoms with E-state index in [1.165, 1.54) is 11.1 Å². The van der Waals surface area contributed by atoms with Gasteiger partial charge in [0.2, 0.25) is 0 Å². The third-order valence-corrected chi connectivity index (χ3v) is 4.47. The highest BCUT2D eigenvalue weighted by Crippen LogP contribution is 2.18. The first-order valence-electron chi connectivity index (χ1n) is 8.05. The van der Waals surface area contributed by atoms with E-state index in [0.29, 0.717) is 17.1 Å². The summed E-state index contributed by atoms with van der Waals surface area (Å²) >= 11 is 5.91. The van der Waals surface area contributed by atoms with E-state index in [2.05, 4.69) is 34.5 Å². The molecule has 3 rings (SSSR count). The van der Waals surface area contributed by atoms with Gasteiger partial charge in [-0.15, -0.1) is 0 Å². The van der Waals surface area contributed by atoms with Crippen LogP contribution in [-0.2, 0) is 13.0 Å². The van der Waals surface area contributed by atoms with Gasteiger partial charge in [-0.25, -0.2) is 0 Å². The van der Waals surface area contributed by atoms with Gasteiger partial charge in [-0.3, -0.25) is 9.69 Å². The lowest BCUT2D eigenvalue weighted by Crippen LogP contribution is -2.33. The second-order valence-electron chi connectivity index (χ2n) is 5.91. The molecule has 0 aromatic heterocycles. The lowest BCUT2D eigenvalue weighted by Gasteiger charge is -2.28. The van der Waals surface area contributed by atoms with Crippen LogP contribution in [0.4, 0.5) is 0 Å². The minimum Gasteiger partial charge on any atom is -0.352 e. The number of fused-ring (bicyclic) bond motifs is 1. The van der Waals surface area contributed by atoms with Crippen molar-refractivity contribution in [1.29, 1.82) is 0 Å². The van der Waals surface area contributed by atoms with E-state index in [4.69, 9.17) is 11.6 Å². The Bertz CT molecular complexity index is 687. The van der Waals surface area contributed by atoms with Crippen molar-refractivity contribution in [2.75, 3.05) is 19.6 Å². The summed E-state index contributed by atoms with van der Waals surface area (Å²) in [4.78, 5) is 14.5. The second-order valence-corrected chi connectivity index (χ2v) is 6.35. The monoisotopic (exact) mass is 328 g/mol. The fourth-order valence-electron chi connectivity index (χ4n) is 2.98. The Labute approximate surface area is 142 Å². The molecule has 1 aliphatic heterocycles. The van der Waals surface area contributed by atoms with Crippen molar-refractivity contribution in [2.45, 2.75) is 19.4 Å². The Kier molecular flexibility index (Phi) is 5.31. The van der Waals surface area contributed by atoms with Gasteiger partial charge in [-0.05, 0) is 42.2 Å². The third kappa shape index (κ3) is 4.34. The molecule has 1 N–H and O–H groups in total.